The Morgan fingerprint density at radius 3 is 2.47 bits per heavy atom. The van der Waals surface area contributed by atoms with Crippen molar-refractivity contribution in [3.8, 4) is 5.75 Å². The van der Waals surface area contributed by atoms with Crippen molar-refractivity contribution in [2.75, 3.05) is 18.6 Å². The molecule has 0 bridgehead atoms. The molecule has 1 atom stereocenters. The van der Waals surface area contributed by atoms with Crippen LogP contribution in [-0.2, 0) is 4.79 Å². The summed E-state index contributed by atoms with van der Waals surface area (Å²) >= 11 is 0. The number of carbonyl (C=O) groups excluding carboxylic acids is 1. The maximum absolute atomic E-state index is 11.5. The molecule has 17 heavy (non-hydrogen) atoms. The predicted molar refractivity (Wildman–Crippen MR) is 70.7 cm³/mol. The summed E-state index contributed by atoms with van der Waals surface area (Å²) < 4.78 is 5.11. The van der Waals surface area contributed by atoms with E-state index in [0.717, 1.165) is 11.4 Å². The molecule has 92 valence electrons. The van der Waals surface area contributed by atoms with Crippen LogP contribution in [0.25, 0.3) is 0 Å². The monoisotopic (exact) mass is 233 g/mol. The fourth-order valence-corrected chi connectivity index (χ4v) is 1.62. The third kappa shape index (κ3) is 3.34. The number of hydrogen-bond donors (Lipinski definition) is 0. The minimum Gasteiger partial charge on any atom is -0.497 e. The van der Waals surface area contributed by atoms with Crippen molar-refractivity contribution in [2.45, 2.75) is 19.9 Å². The molecule has 0 saturated carbocycles. The van der Waals surface area contributed by atoms with Crippen LogP contribution in [0.15, 0.2) is 36.9 Å². The van der Waals surface area contributed by atoms with E-state index in [1.54, 1.807) is 20.1 Å². The fourth-order valence-electron chi connectivity index (χ4n) is 1.62. The summed E-state index contributed by atoms with van der Waals surface area (Å²) in [5, 5.41) is 0. The highest BCUT2D eigenvalue weighted by molar-refractivity contribution is 5.84. The van der Waals surface area contributed by atoms with Gasteiger partial charge in [0.15, 0.2) is 5.78 Å². The molecule has 0 aliphatic rings. The summed E-state index contributed by atoms with van der Waals surface area (Å²) in [6, 6.07) is 7.52. The molecular formula is C14H19NO2. The Morgan fingerprint density at radius 1 is 1.47 bits per heavy atom. The van der Waals surface area contributed by atoms with Gasteiger partial charge in [0.05, 0.1) is 13.2 Å². The first-order chi connectivity index (χ1) is 8.10. The van der Waals surface area contributed by atoms with Gasteiger partial charge in [-0.1, -0.05) is 6.08 Å². The van der Waals surface area contributed by atoms with Crippen molar-refractivity contribution in [3.63, 3.8) is 0 Å². The van der Waals surface area contributed by atoms with Gasteiger partial charge in [0.2, 0.25) is 0 Å². The summed E-state index contributed by atoms with van der Waals surface area (Å²) in [5.41, 5.74) is 0.994. The average Bonchev–Trinajstić information content (AvgIpc) is 2.35. The van der Waals surface area contributed by atoms with Crippen molar-refractivity contribution in [2.24, 2.45) is 0 Å². The second-order valence-corrected chi connectivity index (χ2v) is 3.93. The van der Waals surface area contributed by atoms with Gasteiger partial charge in [0.25, 0.3) is 0 Å². The van der Waals surface area contributed by atoms with Gasteiger partial charge in [-0.25, -0.2) is 0 Å². The van der Waals surface area contributed by atoms with E-state index in [1.165, 1.54) is 0 Å². The zero-order valence-electron chi connectivity index (χ0n) is 10.6. The molecule has 1 rings (SSSR count). The number of carbonyl (C=O) groups is 1. The van der Waals surface area contributed by atoms with E-state index in [-0.39, 0.29) is 11.8 Å². The summed E-state index contributed by atoms with van der Waals surface area (Å²) in [7, 11) is 1.63. The SMILES string of the molecule is C=CCN(c1ccc(OC)cc1)C(C)C(C)=O. The highest BCUT2D eigenvalue weighted by Gasteiger charge is 2.17. The zero-order valence-corrected chi connectivity index (χ0v) is 10.6. The van der Waals surface area contributed by atoms with Gasteiger partial charge in [-0.2, -0.15) is 0 Å². The topological polar surface area (TPSA) is 29.5 Å². The Balaban J connectivity index is 2.96. The molecule has 3 nitrogen and oxygen atoms in total. The standard InChI is InChI=1S/C14H19NO2/c1-5-10-15(11(2)12(3)16)13-6-8-14(17-4)9-7-13/h5-9,11H,1,10H2,2-4H3. The number of ether oxygens (including phenoxy) is 1. The molecule has 3 heteroatoms. The number of methoxy groups -OCH3 is 1. The van der Waals surface area contributed by atoms with Crippen molar-refractivity contribution in [1.82, 2.24) is 0 Å². The Kier molecular flexibility index (Phi) is 4.76. The smallest absolute Gasteiger partial charge is 0.151 e. The first kappa shape index (κ1) is 13.3. The molecule has 0 heterocycles. The second kappa shape index (κ2) is 6.09. The Hall–Kier alpha value is -1.77. The van der Waals surface area contributed by atoms with Gasteiger partial charge in [0.1, 0.15) is 5.75 Å². The normalized spacial score (nSPS) is 11.7. The van der Waals surface area contributed by atoms with Gasteiger partial charge in [-0.15, -0.1) is 6.58 Å². The molecular weight excluding hydrogens is 214 g/mol. The van der Waals surface area contributed by atoms with Crippen molar-refractivity contribution in [1.29, 1.82) is 0 Å². The molecule has 0 saturated heterocycles. The number of rotatable bonds is 6. The molecule has 0 radical (unpaired) electrons. The van der Waals surface area contributed by atoms with E-state index in [9.17, 15) is 4.79 Å². The maximum Gasteiger partial charge on any atom is 0.151 e. The van der Waals surface area contributed by atoms with Crippen LogP contribution >= 0.6 is 0 Å². The highest BCUT2D eigenvalue weighted by Crippen LogP contribution is 2.21. The molecule has 1 aromatic rings. The van der Waals surface area contributed by atoms with E-state index in [1.807, 2.05) is 36.1 Å². The summed E-state index contributed by atoms with van der Waals surface area (Å²) in [4.78, 5) is 13.5. The van der Waals surface area contributed by atoms with Crippen LogP contribution < -0.4 is 9.64 Å². The van der Waals surface area contributed by atoms with Crippen LogP contribution in [0, 0.1) is 0 Å². The largest absolute Gasteiger partial charge is 0.497 e. The molecule has 0 fully saturated rings. The summed E-state index contributed by atoms with van der Waals surface area (Å²) in [6.07, 6.45) is 1.80. The quantitative estimate of drug-likeness (QED) is 0.707. The van der Waals surface area contributed by atoms with Crippen LogP contribution in [0.1, 0.15) is 13.8 Å². The number of ketones is 1. The van der Waals surface area contributed by atoms with Crippen LogP contribution in [-0.4, -0.2) is 25.5 Å². The maximum atomic E-state index is 11.5. The van der Waals surface area contributed by atoms with E-state index in [4.69, 9.17) is 4.74 Å². The lowest BCUT2D eigenvalue weighted by Gasteiger charge is -2.28. The molecule has 1 unspecified atom stereocenters. The first-order valence-electron chi connectivity index (χ1n) is 5.62. The Morgan fingerprint density at radius 2 is 2.06 bits per heavy atom. The zero-order chi connectivity index (χ0) is 12.8. The third-order valence-corrected chi connectivity index (χ3v) is 2.79. The number of benzene rings is 1. The predicted octanol–water partition coefficient (Wildman–Crippen LogP) is 2.67. The fraction of sp³-hybridized carbons (Fsp3) is 0.357. The van der Waals surface area contributed by atoms with Crippen LogP contribution in [0.4, 0.5) is 5.69 Å². The van der Waals surface area contributed by atoms with Gasteiger partial charge < -0.3 is 9.64 Å². The molecule has 0 aliphatic carbocycles. The molecule has 0 amide bonds. The van der Waals surface area contributed by atoms with Gasteiger partial charge >= 0.3 is 0 Å². The number of Topliss-reactive ketones (excluding diaryl/α,β-unsaturated/α-hetero) is 1. The van der Waals surface area contributed by atoms with Crippen LogP contribution in [0.3, 0.4) is 0 Å². The molecule has 1 aromatic carbocycles. The van der Waals surface area contributed by atoms with E-state index in [0.29, 0.717) is 6.54 Å². The van der Waals surface area contributed by atoms with Crippen molar-refractivity contribution < 1.29 is 9.53 Å². The van der Waals surface area contributed by atoms with Crippen molar-refractivity contribution >= 4 is 11.5 Å². The van der Waals surface area contributed by atoms with E-state index < -0.39 is 0 Å². The van der Waals surface area contributed by atoms with Crippen LogP contribution in [0.2, 0.25) is 0 Å². The lowest BCUT2D eigenvalue weighted by atomic mass is 10.1. The minimum atomic E-state index is -0.151. The molecule has 0 aromatic heterocycles. The molecule has 0 spiro atoms. The third-order valence-electron chi connectivity index (χ3n) is 2.79. The minimum absolute atomic E-state index is 0.141. The number of hydrogen-bond acceptors (Lipinski definition) is 3. The second-order valence-electron chi connectivity index (χ2n) is 3.93. The van der Waals surface area contributed by atoms with Gasteiger partial charge in [-0.05, 0) is 38.1 Å². The molecule has 0 aliphatic heterocycles. The lowest BCUT2D eigenvalue weighted by molar-refractivity contribution is -0.117. The van der Waals surface area contributed by atoms with E-state index >= 15 is 0 Å². The highest BCUT2D eigenvalue weighted by atomic mass is 16.5. The Bertz CT molecular complexity index is 384. The summed E-state index contributed by atoms with van der Waals surface area (Å²) in [6.45, 7) is 7.87. The number of anilines is 1. The summed E-state index contributed by atoms with van der Waals surface area (Å²) in [5.74, 6) is 0.949. The van der Waals surface area contributed by atoms with Gasteiger partial charge in [-0.3, -0.25) is 4.79 Å². The Labute approximate surface area is 103 Å². The molecule has 0 N–H and O–H groups in total. The first-order valence-corrected chi connectivity index (χ1v) is 5.62. The average molecular weight is 233 g/mol. The number of nitrogens with zero attached hydrogens (tertiary/aromatic N) is 1. The van der Waals surface area contributed by atoms with E-state index in [2.05, 4.69) is 6.58 Å². The van der Waals surface area contributed by atoms with Crippen molar-refractivity contribution in [3.05, 3.63) is 36.9 Å². The van der Waals surface area contributed by atoms with Gasteiger partial charge in [0, 0.05) is 12.2 Å². The lowest BCUT2D eigenvalue weighted by Crippen LogP contribution is -2.38. The van der Waals surface area contributed by atoms with Crippen LogP contribution in [0.5, 0.6) is 5.75 Å².